The Kier molecular flexibility index (Phi) is 4.94. The summed E-state index contributed by atoms with van der Waals surface area (Å²) in [6, 6.07) is 6.78. The van der Waals surface area contributed by atoms with Crippen LogP contribution in [0.3, 0.4) is 0 Å². The smallest absolute Gasteiger partial charge is 0.231 e. The van der Waals surface area contributed by atoms with Crippen molar-refractivity contribution in [3.05, 3.63) is 30.2 Å². The Morgan fingerprint density at radius 2 is 2.12 bits per heavy atom. The van der Waals surface area contributed by atoms with Crippen molar-refractivity contribution in [2.45, 2.75) is 43.6 Å². The lowest BCUT2D eigenvalue weighted by Gasteiger charge is -2.38. The normalized spacial score (nSPS) is 24.3. The molecule has 4 atom stereocenters. The Balaban J connectivity index is 1.36. The van der Waals surface area contributed by atoms with Gasteiger partial charge in [-0.1, -0.05) is 6.07 Å². The average molecular weight is 435 g/mol. The summed E-state index contributed by atoms with van der Waals surface area (Å²) in [6.07, 6.45) is 3.15. The summed E-state index contributed by atoms with van der Waals surface area (Å²) in [4.78, 5) is 10.3. The summed E-state index contributed by atoms with van der Waals surface area (Å²) < 4.78 is 16.2. The van der Waals surface area contributed by atoms with E-state index in [1.54, 1.807) is 25.4 Å². The number of nitrogens with one attached hydrogen (secondary N) is 1. The van der Waals surface area contributed by atoms with Crippen molar-refractivity contribution in [2.75, 3.05) is 11.9 Å². The molecule has 0 radical (unpaired) electrons. The van der Waals surface area contributed by atoms with Crippen molar-refractivity contribution in [1.82, 2.24) is 35.3 Å². The predicted octanol–water partition coefficient (Wildman–Crippen LogP) is 1.58. The Morgan fingerprint density at radius 3 is 2.81 bits per heavy atom. The Labute approximate surface area is 183 Å². The van der Waals surface area contributed by atoms with Gasteiger partial charge in [-0.3, -0.25) is 0 Å². The lowest BCUT2D eigenvalue weighted by atomic mass is 9.96. The standard InChI is InChI=1S/C21H22FN9O/c1-30(15-8-12-4-6-14(25-12)19(15)22)18-10-24-21(28-27-18)13-5-3-11(7-16(13)32)20-26-17(9-23)31(2)29-20/h3,5,7,10,12,14-15,19,25,32H,4,6,8H2,1-2H3/t12-,14+,15+,19-/m1/s1. The summed E-state index contributed by atoms with van der Waals surface area (Å²) in [5, 5.41) is 35.5. The Morgan fingerprint density at radius 1 is 1.28 bits per heavy atom. The number of hydrogen-bond acceptors (Lipinski definition) is 9. The molecule has 2 fully saturated rings. The minimum Gasteiger partial charge on any atom is -0.507 e. The zero-order valence-electron chi connectivity index (χ0n) is 17.6. The number of aromatic nitrogens is 6. The number of benzene rings is 1. The maximum atomic E-state index is 14.9. The molecule has 0 saturated carbocycles. The highest BCUT2D eigenvalue weighted by molar-refractivity contribution is 5.70. The monoisotopic (exact) mass is 435 g/mol. The van der Waals surface area contributed by atoms with Crippen molar-refractivity contribution in [3.8, 4) is 34.6 Å². The van der Waals surface area contributed by atoms with Crippen LogP contribution >= 0.6 is 0 Å². The van der Waals surface area contributed by atoms with E-state index in [1.807, 2.05) is 18.0 Å². The predicted molar refractivity (Wildman–Crippen MR) is 113 cm³/mol. The van der Waals surface area contributed by atoms with Gasteiger partial charge in [0.05, 0.1) is 17.8 Å². The van der Waals surface area contributed by atoms with Crippen LogP contribution in [-0.2, 0) is 7.05 Å². The summed E-state index contributed by atoms with van der Waals surface area (Å²) in [6.45, 7) is 0. The zero-order chi connectivity index (χ0) is 22.4. The average Bonchev–Trinajstić information content (AvgIpc) is 3.39. The van der Waals surface area contributed by atoms with Gasteiger partial charge < -0.3 is 15.3 Å². The van der Waals surface area contributed by atoms with Crippen LogP contribution in [-0.4, -0.2) is 66.4 Å². The van der Waals surface area contributed by atoms with Crippen molar-refractivity contribution in [3.63, 3.8) is 0 Å². The molecule has 10 nitrogen and oxygen atoms in total. The number of nitriles is 1. The molecule has 2 aliphatic rings. The van der Waals surface area contributed by atoms with Crippen molar-refractivity contribution in [1.29, 1.82) is 5.26 Å². The van der Waals surface area contributed by atoms with Crippen LogP contribution < -0.4 is 10.2 Å². The molecule has 2 aromatic heterocycles. The molecule has 11 heteroatoms. The molecule has 2 N–H and O–H groups in total. The van der Waals surface area contributed by atoms with E-state index in [1.165, 1.54) is 10.7 Å². The van der Waals surface area contributed by atoms with Gasteiger partial charge in [0, 0.05) is 31.7 Å². The molecule has 164 valence electrons. The number of alkyl halides is 1. The number of rotatable bonds is 4. The molecule has 0 aliphatic carbocycles. The number of aromatic hydroxyl groups is 1. The first kappa shape index (κ1) is 20.3. The van der Waals surface area contributed by atoms with Gasteiger partial charge in [-0.05, 0) is 31.4 Å². The number of hydrogen-bond donors (Lipinski definition) is 2. The Bertz CT molecular complexity index is 1190. The van der Waals surface area contributed by atoms with Crippen molar-refractivity contribution >= 4 is 5.82 Å². The van der Waals surface area contributed by atoms with Gasteiger partial charge >= 0.3 is 0 Å². The SMILES string of the molecule is CN(c1cnc(-c2ccc(-c3nc(C#N)n(C)n3)cc2O)nn1)[C@H]1C[C@H]2CC[C@H](N2)[C@H]1F. The van der Waals surface area contributed by atoms with Crippen LogP contribution in [0.4, 0.5) is 10.2 Å². The van der Waals surface area contributed by atoms with E-state index in [-0.39, 0.29) is 29.5 Å². The quantitative estimate of drug-likeness (QED) is 0.627. The number of aryl methyl sites for hydroxylation is 1. The highest BCUT2D eigenvalue weighted by atomic mass is 19.1. The highest BCUT2D eigenvalue weighted by Gasteiger charge is 2.43. The van der Waals surface area contributed by atoms with Gasteiger partial charge in [0.1, 0.15) is 18.0 Å². The second-order valence-electron chi connectivity index (χ2n) is 8.27. The lowest BCUT2D eigenvalue weighted by molar-refractivity contribution is 0.176. The number of anilines is 1. The molecule has 3 aromatic rings. The number of phenols is 1. The molecule has 4 heterocycles. The van der Waals surface area contributed by atoms with Gasteiger partial charge in [0.2, 0.25) is 5.82 Å². The van der Waals surface area contributed by atoms with E-state index >= 15 is 0 Å². The molecule has 0 spiro atoms. The molecular weight excluding hydrogens is 413 g/mol. The van der Waals surface area contributed by atoms with Crippen LogP contribution in [0.1, 0.15) is 25.1 Å². The van der Waals surface area contributed by atoms with Gasteiger partial charge in [-0.25, -0.2) is 14.1 Å². The van der Waals surface area contributed by atoms with E-state index in [0.717, 1.165) is 19.3 Å². The van der Waals surface area contributed by atoms with Gasteiger partial charge in [0.25, 0.3) is 0 Å². The fourth-order valence-electron chi connectivity index (χ4n) is 4.54. The van der Waals surface area contributed by atoms with E-state index in [9.17, 15) is 9.50 Å². The van der Waals surface area contributed by atoms with E-state index in [2.05, 4.69) is 30.6 Å². The Hall–Kier alpha value is -3.65. The van der Waals surface area contributed by atoms with E-state index < -0.39 is 6.17 Å². The maximum absolute atomic E-state index is 14.9. The zero-order valence-corrected chi connectivity index (χ0v) is 17.6. The lowest BCUT2D eigenvalue weighted by Crippen LogP contribution is -2.55. The molecule has 2 bridgehead atoms. The van der Waals surface area contributed by atoms with Crippen LogP contribution in [0.15, 0.2) is 24.4 Å². The molecule has 1 aromatic carbocycles. The minimum atomic E-state index is -0.974. The first-order chi connectivity index (χ1) is 15.4. The number of piperidine rings is 1. The third kappa shape index (κ3) is 3.42. The first-order valence-electron chi connectivity index (χ1n) is 10.4. The number of phenolic OH excluding ortho intramolecular Hbond substituents is 1. The third-order valence-corrected chi connectivity index (χ3v) is 6.32. The second kappa shape index (κ2) is 7.80. The second-order valence-corrected chi connectivity index (χ2v) is 8.27. The molecule has 2 saturated heterocycles. The van der Waals surface area contributed by atoms with Crippen LogP contribution in [0, 0.1) is 11.3 Å². The fraction of sp³-hybridized carbons (Fsp3) is 0.429. The van der Waals surface area contributed by atoms with Crippen LogP contribution in [0.2, 0.25) is 0 Å². The molecule has 2 aliphatic heterocycles. The molecule has 0 amide bonds. The number of halogens is 1. The summed E-state index contributed by atoms with van der Waals surface area (Å²) in [7, 11) is 3.44. The molecule has 5 rings (SSSR count). The van der Waals surface area contributed by atoms with Gasteiger partial charge in [-0.2, -0.15) is 15.3 Å². The maximum Gasteiger partial charge on any atom is 0.231 e. The van der Waals surface area contributed by atoms with Crippen LogP contribution in [0.25, 0.3) is 22.8 Å². The van der Waals surface area contributed by atoms with Gasteiger partial charge in [0.15, 0.2) is 17.5 Å². The third-order valence-electron chi connectivity index (χ3n) is 6.32. The van der Waals surface area contributed by atoms with E-state index in [4.69, 9.17) is 5.26 Å². The summed E-state index contributed by atoms with van der Waals surface area (Å²) in [5.74, 6) is 1.18. The minimum absolute atomic E-state index is 0.0601. The van der Waals surface area contributed by atoms with Crippen LogP contribution in [0.5, 0.6) is 5.75 Å². The molecule has 0 unspecified atom stereocenters. The fourth-order valence-corrected chi connectivity index (χ4v) is 4.54. The largest absolute Gasteiger partial charge is 0.507 e. The van der Waals surface area contributed by atoms with E-state index in [0.29, 0.717) is 28.8 Å². The van der Waals surface area contributed by atoms with Gasteiger partial charge in [-0.15, -0.1) is 10.2 Å². The number of fused-ring (bicyclic) bond motifs is 2. The molecule has 32 heavy (non-hydrogen) atoms. The highest BCUT2D eigenvalue weighted by Crippen LogP contribution is 2.34. The number of nitrogens with zero attached hydrogens (tertiary/aromatic N) is 8. The van der Waals surface area contributed by atoms with Crippen molar-refractivity contribution in [2.24, 2.45) is 7.05 Å². The first-order valence-corrected chi connectivity index (χ1v) is 10.4. The summed E-state index contributed by atoms with van der Waals surface area (Å²) >= 11 is 0. The topological polar surface area (TPSA) is 129 Å². The summed E-state index contributed by atoms with van der Waals surface area (Å²) in [5.41, 5.74) is 0.956. The molecular formula is C21H22FN9O. The van der Waals surface area contributed by atoms with Crippen molar-refractivity contribution < 1.29 is 9.50 Å².